The lowest BCUT2D eigenvalue weighted by Gasteiger charge is -1.89. The molecule has 0 radical (unpaired) electrons. The summed E-state index contributed by atoms with van der Waals surface area (Å²) in [5.41, 5.74) is 0.652. The Hall–Kier alpha value is -1.76. The van der Waals surface area contributed by atoms with Crippen LogP contribution in [0.4, 0.5) is 0 Å². The number of aromatic amines is 1. The van der Waals surface area contributed by atoms with Crippen molar-refractivity contribution in [1.29, 1.82) is 0 Å². The van der Waals surface area contributed by atoms with E-state index in [1.54, 1.807) is 6.20 Å². The van der Waals surface area contributed by atoms with Gasteiger partial charge in [-0.3, -0.25) is 5.10 Å². The van der Waals surface area contributed by atoms with E-state index in [4.69, 9.17) is 5.11 Å². The second kappa shape index (κ2) is 2.94. The third-order valence-corrected chi connectivity index (χ3v) is 2.23. The summed E-state index contributed by atoms with van der Waals surface area (Å²) >= 11 is 1.03. The molecule has 0 aliphatic heterocycles. The summed E-state index contributed by atoms with van der Waals surface area (Å²) in [4.78, 5) is 11.2. The average molecular weight is 196 g/mol. The van der Waals surface area contributed by atoms with Crippen LogP contribution in [0.2, 0.25) is 0 Å². The normalized spacial score (nSPS) is 10.2. The van der Waals surface area contributed by atoms with Gasteiger partial charge in [-0.15, -0.1) is 5.10 Å². The van der Waals surface area contributed by atoms with Gasteiger partial charge in [-0.05, 0) is 11.5 Å². The monoisotopic (exact) mass is 196 g/mol. The third kappa shape index (κ3) is 1.29. The molecule has 6 nitrogen and oxygen atoms in total. The zero-order chi connectivity index (χ0) is 9.26. The van der Waals surface area contributed by atoms with E-state index < -0.39 is 5.97 Å². The zero-order valence-electron chi connectivity index (χ0n) is 6.26. The minimum atomic E-state index is -1.08. The van der Waals surface area contributed by atoms with Gasteiger partial charge in [0.25, 0.3) is 0 Å². The van der Waals surface area contributed by atoms with Gasteiger partial charge in [0.2, 0.25) is 0 Å². The first-order chi connectivity index (χ1) is 6.29. The fourth-order valence-corrected chi connectivity index (χ4v) is 1.53. The number of H-pyrrole nitrogens is 1. The molecule has 0 spiro atoms. The number of aromatic nitrogens is 4. The molecule has 0 bridgehead atoms. The summed E-state index contributed by atoms with van der Waals surface area (Å²) < 4.78 is 3.57. The number of nitrogens with one attached hydrogen (secondary N) is 1. The summed E-state index contributed by atoms with van der Waals surface area (Å²) in [7, 11) is 0. The maximum absolute atomic E-state index is 10.7. The van der Waals surface area contributed by atoms with E-state index in [1.807, 2.05) is 0 Å². The van der Waals surface area contributed by atoms with E-state index in [9.17, 15) is 4.79 Å². The Kier molecular flexibility index (Phi) is 1.78. The number of nitrogens with zero attached hydrogens (tertiary/aromatic N) is 3. The molecule has 0 atom stereocenters. The van der Waals surface area contributed by atoms with E-state index >= 15 is 0 Å². The number of carboxylic acid groups (broad SMARTS) is 1. The van der Waals surface area contributed by atoms with Gasteiger partial charge in [0, 0.05) is 11.8 Å². The van der Waals surface area contributed by atoms with Crippen molar-refractivity contribution in [2.75, 3.05) is 0 Å². The Labute approximate surface area is 76.4 Å². The summed E-state index contributed by atoms with van der Waals surface area (Å²) in [6.07, 6.45) is 3.13. The lowest BCUT2D eigenvalue weighted by atomic mass is 10.2. The van der Waals surface area contributed by atoms with Crippen LogP contribution in [0, 0.1) is 0 Å². The van der Waals surface area contributed by atoms with Gasteiger partial charge in [0.05, 0.1) is 11.1 Å². The van der Waals surface area contributed by atoms with Crippen molar-refractivity contribution >= 4 is 17.5 Å². The Morgan fingerprint density at radius 2 is 2.46 bits per heavy atom. The Balaban J connectivity index is 2.52. The van der Waals surface area contributed by atoms with Gasteiger partial charge >= 0.3 is 5.97 Å². The van der Waals surface area contributed by atoms with E-state index in [2.05, 4.69) is 19.8 Å². The minimum absolute atomic E-state index is 0.0357. The van der Waals surface area contributed by atoms with E-state index in [0.29, 0.717) is 10.4 Å². The van der Waals surface area contributed by atoms with Crippen LogP contribution in [0.1, 0.15) is 10.5 Å². The quantitative estimate of drug-likeness (QED) is 0.734. The highest BCUT2D eigenvalue weighted by atomic mass is 32.1. The van der Waals surface area contributed by atoms with Crippen LogP contribution >= 0.6 is 11.5 Å². The van der Waals surface area contributed by atoms with Crippen LogP contribution in [0.15, 0.2) is 12.4 Å². The minimum Gasteiger partial charge on any atom is -0.476 e. The SMILES string of the molecule is O=C(O)c1nnsc1-c1cn[nH]c1. The molecule has 0 fully saturated rings. The molecule has 66 valence electrons. The predicted octanol–water partition coefficient (Wildman–Crippen LogP) is 0.626. The van der Waals surface area contributed by atoms with Crippen molar-refractivity contribution in [3.8, 4) is 10.4 Å². The van der Waals surface area contributed by atoms with Gasteiger partial charge in [-0.1, -0.05) is 4.49 Å². The predicted molar refractivity (Wildman–Crippen MR) is 44.5 cm³/mol. The van der Waals surface area contributed by atoms with E-state index in [0.717, 1.165) is 11.5 Å². The first kappa shape index (κ1) is 7.87. The van der Waals surface area contributed by atoms with Gasteiger partial charge in [0.15, 0.2) is 5.69 Å². The first-order valence-corrected chi connectivity index (χ1v) is 4.11. The molecule has 2 rings (SSSR count). The standard InChI is InChI=1S/C6H4N4O2S/c11-6(12)4-5(13-10-9-4)3-1-7-8-2-3/h1-2H,(H,7,8)(H,11,12). The molecule has 2 aromatic heterocycles. The molecule has 0 saturated carbocycles. The van der Waals surface area contributed by atoms with Crippen LogP contribution in [-0.4, -0.2) is 30.9 Å². The number of carbonyl (C=O) groups is 1. The summed E-state index contributed by atoms with van der Waals surface area (Å²) in [5.74, 6) is -1.08. The number of rotatable bonds is 2. The number of carboxylic acids is 1. The smallest absolute Gasteiger partial charge is 0.358 e. The molecule has 0 aliphatic rings. The van der Waals surface area contributed by atoms with Crippen LogP contribution in [0.25, 0.3) is 10.4 Å². The van der Waals surface area contributed by atoms with Crippen molar-refractivity contribution in [2.24, 2.45) is 0 Å². The average Bonchev–Trinajstić information content (AvgIpc) is 2.74. The van der Waals surface area contributed by atoms with Gasteiger partial charge in [-0.25, -0.2) is 4.79 Å². The fraction of sp³-hybridized carbons (Fsp3) is 0. The Bertz CT molecular complexity index is 422. The molecular formula is C6H4N4O2S. The van der Waals surface area contributed by atoms with Crippen molar-refractivity contribution < 1.29 is 9.90 Å². The van der Waals surface area contributed by atoms with Crippen molar-refractivity contribution in [3.05, 3.63) is 18.1 Å². The highest BCUT2D eigenvalue weighted by molar-refractivity contribution is 7.09. The summed E-state index contributed by atoms with van der Waals surface area (Å²) in [5, 5.41) is 18.5. The number of hydrogen-bond donors (Lipinski definition) is 2. The van der Waals surface area contributed by atoms with Crippen molar-refractivity contribution in [2.45, 2.75) is 0 Å². The number of aromatic carboxylic acids is 1. The Morgan fingerprint density at radius 3 is 3.08 bits per heavy atom. The van der Waals surface area contributed by atoms with Crippen LogP contribution < -0.4 is 0 Å². The molecule has 2 heterocycles. The third-order valence-electron chi connectivity index (χ3n) is 1.45. The molecule has 0 aromatic carbocycles. The van der Waals surface area contributed by atoms with Crippen LogP contribution in [0.5, 0.6) is 0 Å². The molecular weight excluding hydrogens is 192 g/mol. The highest BCUT2D eigenvalue weighted by Gasteiger charge is 2.16. The molecule has 0 amide bonds. The second-order valence-electron chi connectivity index (χ2n) is 2.24. The van der Waals surface area contributed by atoms with Gasteiger partial charge in [-0.2, -0.15) is 5.10 Å². The van der Waals surface area contributed by atoms with Gasteiger partial charge < -0.3 is 5.11 Å². The topological polar surface area (TPSA) is 91.8 Å². The van der Waals surface area contributed by atoms with Crippen molar-refractivity contribution in [1.82, 2.24) is 19.8 Å². The van der Waals surface area contributed by atoms with Crippen molar-refractivity contribution in [3.63, 3.8) is 0 Å². The highest BCUT2D eigenvalue weighted by Crippen LogP contribution is 2.24. The summed E-state index contributed by atoms with van der Waals surface area (Å²) in [6.45, 7) is 0. The molecule has 0 aliphatic carbocycles. The maximum atomic E-state index is 10.7. The summed E-state index contributed by atoms with van der Waals surface area (Å²) in [6, 6.07) is 0. The Morgan fingerprint density at radius 1 is 1.62 bits per heavy atom. The molecule has 0 saturated heterocycles. The largest absolute Gasteiger partial charge is 0.476 e. The van der Waals surface area contributed by atoms with Crippen LogP contribution in [-0.2, 0) is 0 Å². The van der Waals surface area contributed by atoms with E-state index in [-0.39, 0.29) is 5.69 Å². The van der Waals surface area contributed by atoms with E-state index in [1.165, 1.54) is 6.20 Å². The molecule has 13 heavy (non-hydrogen) atoms. The maximum Gasteiger partial charge on any atom is 0.358 e. The second-order valence-corrected chi connectivity index (χ2v) is 3.00. The molecule has 7 heteroatoms. The molecule has 2 aromatic rings. The zero-order valence-corrected chi connectivity index (χ0v) is 7.08. The van der Waals surface area contributed by atoms with Gasteiger partial charge in [0.1, 0.15) is 0 Å². The van der Waals surface area contributed by atoms with Crippen LogP contribution in [0.3, 0.4) is 0 Å². The fourth-order valence-electron chi connectivity index (χ4n) is 0.895. The first-order valence-electron chi connectivity index (χ1n) is 3.34. The lowest BCUT2D eigenvalue weighted by Crippen LogP contribution is -1.98. The lowest BCUT2D eigenvalue weighted by molar-refractivity contribution is 0.0691. The molecule has 2 N–H and O–H groups in total. The number of hydrogen-bond acceptors (Lipinski definition) is 5. The molecule has 0 unspecified atom stereocenters.